The minimum Gasteiger partial charge on any atom is -0.478 e. The number of hydrogen-bond donors (Lipinski definition) is 0. The fraction of sp³-hybridized carbons (Fsp3) is 0.793. The Morgan fingerprint density at radius 3 is 2.03 bits per heavy atom. The van der Waals surface area contributed by atoms with Crippen LogP contribution in [0.15, 0.2) is 18.2 Å². The quantitative estimate of drug-likeness (QED) is 0.259. The van der Waals surface area contributed by atoms with Crippen LogP contribution in [0, 0.1) is 0 Å². The number of rotatable bonds is 15. The van der Waals surface area contributed by atoms with E-state index in [1.807, 2.05) is 0 Å². The van der Waals surface area contributed by atoms with Crippen LogP contribution in [0.1, 0.15) is 134 Å². The van der Waals surface area contributed by atoms with Crippen molar-refractivity contribution in [3.05, 3.63) is 29.3 Å². The van der Waals surface area contributed by atoms with E-state index in [4.69, 9.17) is 4.74 Å². The first kappa shape index (κ1) is 24.6. The van der Waals surface area contributed by atoms with Gasteiger partial charge in [0.2, 0.25) is 0 Å². The van der Waals surface area contributed by atoms with Gasteiger partial charge < -0.3 is 4.74 Å². The second kappa shape index (κ2) is 14.9. The summed E-state index contributed by atoms with van der Waals surface area (Å²) in [5.41, 5.74) is 2.86. The highest BCUT2D eigenvalue weighted by Crippen LogP contribution is 2.31. The van der Waals surface area contributed by atoms with Crippen molar-refractivity contribution in [2.75, 3.05) is 6.73 Å². The molecule has 31 heavy (non-hydrogen) atoms. The number of aryl methyl sites for hydroxylation is 1. The SMILES string of the molecule is CCCCCCCCCCCCCCCc1ccc2c(c1)OCN(C1CCCCC1)C2. The summed E-state index contributed by atoms with van der Waals surface area (Å²) in [6.07, 6.45) is 26.7. The van der Waals surface area contributed by atoms with Gasteiger partial charge in [0.05, 0.1) is 0 Å². The summed E-state index contributed by atoms with van der Waals surface area (Å²) in [6.45, 7) is 4.17. The van der Waals surface area contributed by atoms with Crippen molar-refractivity contribution in [1.29, 1.82) is 0 Å². The maximum absolute atomic E-state index is 6.17. The summed E-state index contributed by atoms with van der Waals surface area (Å²) in [4.78, 5) is 2.56. The Balaban J connectivity index is 1.21. The number of benzene rings is 1. The third kappa shape index (κ3) is 9.16. The lowest BCUT2D eigenvalue weighted by atomic mass is 9.93. The van der Waals surface area contributed by atoms with Crippen molar-refractivity contribution in [1.82, 2.24) is 4.90 Å². The fourth-order valence-electron chi connectivity index (χ4n) is 5.46. The van der Waals surface area contributed by atoms with Gasteiger partial charge in [-0.15, -0.1) is 0 Å². The van der Waals surface area contributed by atoms with Crippen molar-refractivity contribution >= 4 is 0 Å². The predicted molar refractivity (Wildman–Crippen MR) is 134 cm³/mol. The molecule has 1 fully saturated rings. The van der Waals surface area contributed by atoms with Gasteiger partial charge in [0, 0.05) is 18.2 Å². The van der Waals surface area contributed by atoms with Crippen molar-refractivity contribution in [2.45, 2.75) is 142 Å². The Hall–Kier alpha value is -1.02. The molecule has 0 atom stereocenters. The zero-order chi connectivity index (χ0) is 21.6. The van der Waals surface area contributed by atoms with E-state index >= 15 is 0 Å². The van der Waals surface area contributed by atoms with Crippen LogP contribution in [0.2, 0.25) is 0 Å². The molecular formula is C29H49NO. The second-order valence-corrected chi connectivity index (χ2v) is 10.2. The summed E-state index contributed by atoms with van der Waals surface area (Å²) in [6, 6.07) is 7.76. The van der Waals surface area contributed by atoms with Crippen molar-refractivity contribution < 1.29 is 4.74 Å². The molecule has 1 saturated carbocycles. The lowest BCUT2D eigenvalue weighted by Crippen LogP contribution is -2.41. The number of nitrogens with zero attached hydrogens (tertiary/aromatic N) is 1. The predicted octanol–water partition coefficient (Wildman–Crippen LogP) is 8.80. The van der Waals surface area contributed by atoms with Crippen LogP contribution >= 0.6 is 0 Å². The molecule has 176 valence electrons. The van der Waals surface area contributed by atoms with Crippen LogP contribution in [0.25, 0.3) is 0 Å². The first-order valence-corrected chi connectivity index (χ1v) is 13.9. The Labute approximate surface area is 193 Å². The maximum Gasteiger partial charge on any atom is 0.142 e. The molecule has 0 radical (unpaired) electrons. The van der Waals surface area contributed by atoms with E-state index in [0.717, 1.165) is 25.1 Å². The number of unbranched alkanes of at least 4 members (excludes halogenated alkanes) is 12. The van der Waals surface area contributed by atoms with Crippen LogP contribution in [0.3, 0.4) is 0 Å². The van der Waals surface area contributed by atoms with E-state index in [1.54, 1.807) is 0 Å². The molecule has 1 aliphatic heterocycles. The molecule has 0 aromatic heterocycles. The standard InChI is InChI=1S/C29H49NO/c1-2-3-4-5-6-7-8-9-10-11-12-13-15-18-26-21-22-27-24-30(25-31-29(27)23-26)28-19-16-14-17-20-28/h21-23,28H,2-20,24-25H2,1H3. The molecule has 1 heterocycles. The molecule has 3 rings (SSSR count). The molecule has 2 nitrogen and oxygen atoms in total. The lowest BCUT2D eigenvalue weighted by Gasteiger charge is -2.37. The smallest absolute Gasteiger partial charge is 0.142 e. The highest BCUT2D eigenvalue weighted by molar-refractivity contribution is 5.38. The molecule has 0 spiro atoms. The van der Waals surface area contributed by atoms with Crippen molar-refractivity contribution in [3.63, 3.8) is 0 Å². The Morgan fingerprint density at radius 1 is 0.774 bits per heavy atom. The second-order valence-electron chi connectivity index (χ2n) is 10.2. The molecule has 2 aliphatic rings. The number of ether oxygens (including phenoxy) is 1. The molecule has 0 saturated heterocycles. The van der Waals surface area contributed by atoms with Gasteiger partial charge in [-0.2, -0.15) is 0 Å². The van der Waals surface area contributed by atoms with Crippen LogP contribution in [0.5, 0.6) is 5.75 Å². The zero-order valence-corrected chi connectivity index (χ0v) is 20.5. The van der Waals surface area contributed by atoms with E-state index in [0.29, 0.717) is 0 Å². The maximum atomic E-state index is 6.17. The van der Waals surface area contributed by atoms with E-state index in [1.165, 1.54) is 133 Å². The first-order valence-electron chi connectivity index (χ1n) is 13.9. The molecule has 0 bridgehead atoms. The summed E-state index contributed by atoms with van der Waals surface area (Å²) >= 11 is 0. The Morgan fingerprint density at radius 2 is 1.39 bits per heavy atom. The molecule has 0 unspecified atom stereocenters. The van der Waals surface area contributed by atoms with Gasteiger partial charge in [-0.05, 0) is 37.3 Å². The van der Waals surface area contributed by atoms with Gasteiger partial charge in [-0.1, -0.05) is 115 Å². The zero-order valence-electron chi connectivity index (χ0n) is 20.5. The molecule has 1 aliphatic carbocycles. The molecular weight excluding hydrogens is 378 g/mol. The van der Waals surface area contributed by atoms with E-state index in [9.17, 15) is 0 Å². The normalized spacial score (nSPS) is 17.5. The van der Waals surface area contributed by atoms with E-state index in [2.05, 4.69) is 30.0 Å². The largest absolute Gasteiger partial charge is 0.478 e. The Bertz CT molecular complexity index is 592. The third-order valence-electron chi connectivity index (χ3n) is 7.55. The lowest BCUT2D eigenvalue weighted by molar-refractivity contribution is 0.0403. The third-order valence-corrected chi connectivity index (χ3v) is 7.55. The Kier molecular flexibility index (Phi) is 11.9. The molecule has 1 aromatic carbocycles. The van der Waals surface area contributed by atoms with Gasteiger partial charge in [0.15, 0.2) is 0 Å². The summed E-state index contributed by atoms with van der Waals surface area (Å²) < 4.78 is 6.17. The monoisotopic (exact) mass is 427 g/mol. The average molecular weight is 428 g/mol. The number of fused-ring (bicyclic) bond motifs is 1. The summed E-state index contributed by atoms with van der Waals surface area (Å²) in [5, 5.41) is 0. The van der Waals surface area contributed by atoms with Crippen LogP contribution < -0.4 is 4.74 Å². The highest BCUT2D eigenvalue weighted by atomic mass is 16.5. The van der Waals surface area contributed by atoms with E-state index < -0.39 is 0 Å². The molecule has 0 N–H and O–H groups in total. The summed E-state index contributed by atoms with van der Waals surface area (Å²) in [7, 11) is 0. The van der Waals surface area contributed by atoms with Crippen LogP contribution in [-0.4, -0.2) is 17.7 Å². The van der Waals surface area contributed by atoms with Gasteiger partial charge in [-0.25, -0.2) is 0 Å². The van der Waals surface area contributed by atoms with Gasteiger partial charge in [-0.3, -0.25) is 4.90 Å². The number of hydrogen-bond acceptors (Lipinski definition) is 2. The highest BCUT2D eigenvalue weighted by Gasteiger charge is 2.25. The van der Waals surface area contributed by atoms with Gasteiger partial charge >= 0.3 is 0 Å². The minimum atomic E-state index is 0.743. The van der Waals surface area contributed by atoms with E-state index in [-0.39, 0.29) is 0 Å². The van der Waals surface area contributed by atoms with Crippen molar-refractivity contribution in [2.24, 2.45) is 0 Å². The first-order chi connectivity index (χ1) is 15.4. The van der Waals surface area contributed by atoms with Crippen LogP contribution in [-0.2, 0) is 13.0 Å². The van der Waals surface area contributed by atoms with Gasteiger partial charge in [0.25, 0.3) is 0 Å². The fourth-order valence-corrected chi connectivity index (χ4v) is 5.46. The molecule has 2 heteroatoms. The van der Waals surface area contributed by atoms with Crippen molar-refractivity contribution in [3.8, 4) is 5.75 Å². The topological polar surface area (TPSA) is 12.5 Å². The van der Waals surface area contributed by atoms with Gasteiger partial charge in [0.1, 0.15) is 12.5 Å². The molecule has 0 amide bonds. The minimum absolute atomic E-state index is 0.743. The molecule has 1 aromatic rings. The average Bonchev–Trinajstić information content (AvgIpc) is 2.82. The van der Waals surface area contributed by atoms with Crippen LogP contribution in [0.4, 0.5) is 0 Å². The summed E-state index contributed by atoms with van der Waals surface area (Å²) in [5.74, 6) is 1.15.